The van der Waals surface area contributed by atoms with E-state index in [9.17, 15) is 0 Å². The normalized spacial score (nSPS) is 10.7. The SMILES string of the molecule is Cl.Nc1nc2cc(Cl)c(Cl)cc2n1CCCc1ccccc1Br. The van der Waals surface area contributed by atoms with Gasteiger partial charge in [0.2, 0.25) is 5.95 Å². The number of aryl methyl sites for hydroxylation is 2. The molecule has 0 saturated carbocycles. The van der Waals surface area contributed by atoms with Gasteiger partial charge in [0.1, 0.15) is 0 Å². The number of nitrogens with zero attached hydrogens (tertiary/aromatic N) is 2. The Morgan fingerprint density at radius 1 is 1.13 bits per heavy atom. The van der Waals surface area contributed by atoms with Crippen molar-refractivity contribution in [2.24, 2.45) is 0 Å². The van der Waals surface area contributed by atoms with Crippen LogP contribution in [0.25, 0.3) is 11.0 Å². The molecule has 0 bridgehead atoms. The van der Waals surface area contributed by atoms with Gasteiger partial charge in [0.05, 0.1) is 21.1 Å². The maximum atomic E-state index is 6.10. The zero-order chi connectivity index (χ0) is 15.7. The van der Waals surface area contributed by atoms with Gasteiger partial charge < -0.3 is 10.3 Å². The van der Waals surface area contributed by atoms with Crippen LogP contribution in [0.5, 0.6) is 0 Å². The highest BCUT2D eigenvalue weighted by atomic mass is 79.9. The molecule has 122 valence electrons. The average molecular weight is 436 g/mol. The summed E-state index contributed by atoms with van der Waals surface area (Å²) in [4.78, 5) is 4.35. The second-order valence-electron chi connectivity index (χ2n) is 5.07. The highest BCUT2D eigenvalue weighted by molar-refractivity contribution is 9.10. The fourth-order valence-corrected chi connectivity index (χ4v) is 3.30. The lowest BCUT2D eigenvalue weighted by molar-refractivity contribution is 0.664. The van der Waals surface area contributed by atoms with Gasteiger partial charge in [0, 0.05) is 11.0 Å². The van der Waals surface area contributed by atoms with Crippen LogP contribution in [0, 0.1) is 0 Å². The van der Waals surface area contributed by atoms with Gasteiger partial charge in [0.25, 0.3) is 0 Å². The molecule has 3 aromatic rings. The first-order chi connectivity index (χ1) is 10.6. The number of benzene rings is 2. The maximum Gasteiger partial charge on any atom is 0.201 e. The van der Waals surface area contributed by atoms with E-state index in [-0.39, 0.29) is 12.4 Å². The summed E-state index contributed by atoms with van der Waals surface area (Å²) in [6.45, 7) is 0.779. The van der Waals surface area contributed by atoms with Crippen LogP contribution >= 0.6 is 51.5 Å². The molecule has 0 radical (unpaired) electrons. The van der Waals surface area contributed by atoms with Gasteiger partial charge in [0.15, 0.2) is 0 Å². The third-order valence-corrected chi connectivity index (χ3v) is 5.10. The number of nitrogen functional groups attached to an aromatic ring is 1. The number of fused-ring (bicyclic) bond motifs is 1. The van der Waals surface area contributed by atoms with Crippen LogP contribution in [-0.4, -0.2) is 9.55 Å². The van der Waals surface area contributed by atoms with Gasteiger partial charge in [-0.3, -0.25) is 0 Å². The highest BCUT2D eigenvalue weighted by Gasteiger charge is 2.11. The standard InChI is InChI=1S/C16H14BrCl2N3.ClH/c17-11-6-2-1-4-10(11)5-3-7-22-15-9-13(19)12(18)8-14(15)21-16(22)20;/h1-2,4,6,8-9H,3,5,7H2,(H2,20,21);1H. The minimum absolute atomic E-state index is 0. The van der Waals surface area contributed by atoms with Crippen LogP contribution in [0.2, 0.25) is 10.0 Å². The molecule has 0 unspecified atom stereocenters. The number of nitrogens with two attached hydrogens (primary N) is 1. The van der Waals surface area contributed by atoms with Crippen LogP contribution in [0.4, 0.5) is 5.95 Å². The second kappa shape index (κ2) is 7.75. The van der Waals surface area contributed by atoms with Gasteiger partial charge in [-0.25, -0.2) is 4.98 Å². The zero-order valence-corrected chi connectivity index (χ0v) is 16.0. The minimum Gasteiger partial charge on any atom is -0.369 e. The van der Waals surface area contributed by atoms with Crippen LogP contribution in [0.1, 0.15) is 12.0 Å². The van der Waals surface area contributed by atoms with Crippen molar-refractivity contribution in [1.29, 1.82) is 0 Å². The maximum absolute atomic E-state index is 6.10. The van der Waals surface area contributed by atoms with Crippen molar-refractivity contribution in [1.82, 2.24) is 9.55 Å². The summed E-state index contributed by atoms with van der Waals surface area (Å²) < 4.78 is 3.11. The molecule has 23 heavy (non-hydrogen) atoms. The quantitative estimate of drug-likeness (QED) is 0.568. The summed E-state index contributed by atoms with van der Waals surface area (Å²) in [6.07, 6.45) is 1.92. The van der Waals surface area contributed by atoms with E-state index in [1.165, 1.54) is 5.56 Å². The molecule has 2 aromatic carbocycles. The van der Waals surface area contributed by atoms with Gasteiger partial charge in [-0.05, 0) is 36.6 Å². The first-order valence-electron chi connectivity index (χ1n) is 6.90. The fraction of sp³-hybridized carbons (Fsp3) is 0.188. The van der Waals surface area contributed by atoms with E-state index in [1.54, 1.807) is 6.07 Å². The van der Waals surface area contributed by atoms with E-state index < -0.39 is 0 Å². The second-order valence-corrected chi connectivity index (χ2v) is 6.74. The Bertz CT molecular complexity index is 833. The summed E-state index contributed by atoms with van der Waals surface area (Å²) >= 11 is 15.7. The Kier molecular flexibility index (Phi) is 6.20. The number of aromatic nitrogens is 2. The molecule has 0 spiro atoms. The molecule has 1 heterocycles. The monoisotopic (exact) mass is 433 g/mol. The van der Waals surface area contributed by atoms with Gasteiger partial charge in [-0.15, -0.1) is 12.4 Å². The molecule has 3 rings (SSSR count). The van der Waals surface area contributed by atoms with Crippen LogP contribution in [-0.2, 0) is 13.0 Å². The van der Waals surface area contributed by atoms with E-state index in [0.717, 1.165) is 34.9 Å². The van der Waals surface area contributed by atoms with Crippen molar-refractivity contribution in [2.45, 2.75) is 19.4 Å². The Hall–Kier alpha value is -0.940. The van der Waals surface area contributed by atoms with Crippen LogP contribution in [0.15, 0.2) is 40.9 Å². The van der Waals surface area contributed by atoms with Crippen LogP contribution < -0.4 is 5.73 Å². The lowest BCUT2D eigenvalue weighted by atomic mass is 10.1. The van der Waals surface area contributed by atoms with E-state index in [2.05, 4.69) is 33.0 Å². The Morgan fingerprint density at radius 3 is 2.57 bits per heavy atom. The average Bonchev–Trinajstić information content (AvgIpc) is 2.77. The van der Waals surface area contributed by atoms with Crippen molar-refractivity contribution in [3.63, 3.8) is 0 Å². The molecular formula is C16H15BrCl3N3. The molecule has 0 aliphatic heterocycles. The third-order valence-electron chi connectivity index (χ3n) is 3.61. The third kappa shape index (κ3) is 3.94. The first-order valence-corrected chi connectivity index (χ1v) is 8.45. The molecule has 0 amide bonds. The van der Waals surface area contributed by atoms with Crippen molar-refractivity contribution >= 4 is 68.5 Å². The molecule has 0 aliphatic carbocycles. The Balaban J connectivity index is 0.00000192. The predicted molar refractivity (Wildman–Crippen MR) is 104 cm³/mol. The predicted octanol–water partition coefficient (Wildman–Crippen LogP) is 5.74. The first kappa shape index (κ1) is 18.4. The lowest BCUT2D eigenvalue weighted by Gasteiger charge is -2.08. The molecule has 3 nitrogen and oxygen atoms in total. The van der Waals surface area contributed by atoms with Gasteiger partial charge >= 0.3 is 0 Å². The molecule has 2 N–H and O–H groups in total. The molecule has 0 atom stereocenters. The molecule has 0 fully saturated rings. The van der Waals surface area contributed by atoms with E-state index >= 15 is 0 Å². The van der Waals surface area contributed by atoms with E-state index in [0.29, 0.717) is 16.0 Å². The summed E-state index contributed by atoms with van der Waals surface area (Å²) in [5, 5.41) is 1.01. The molecule has 1 aromatic heterocycles. The van der Waals surface area contributed by atoms with Crippen molar-refractivity contribution in [3.8, 4) is 0 Å². The number of anilines is 1. The number of hydrogen-bond donors (Lipinski definition) is 1. The number of hydrogen-bond acceptors (Lipinski definition) is 2. The Labute approximate surface area is 159 Å². The van der Waals surface area contributed by atoms with E-state index in [4.69, 9.17) is 28.9 Å². The summed E-state index contributed by atoms with van der Waals surface area (Å²) in [5.74, 6) is 0.487. The summed E-state index contributed by atoms with van der Waals surface area (Å²) in [6, 6.07) is 11.8. The zero-order valence-electron chi connectivity index (χ0n) is 12.1. The lowest BCUT2D eigenvalue weighted by Crippen LogP contribution is -2.04. The van der Waals surface area contributed by atoms with E-state index in [1.807, 2.05) is 22.8 Å². The van der Waals surface area contributed by atoms with Crippen LogP contribution in [0.3, 0.4) is 0 Å². The largest absolute Gasteiger partial charge is 0.369 e. The van der Waals surface area contributed by atoms with Gasteiger partial charge in [-0.2, -0.15) is 0 Å². The van der Waals surface area contributed by atoms with Crippen molar-refractivity contribution in [3.05, 3.63) is 56.5 Å². The van der Waals surface area contributed by atoms with Crippen molar-refractivity contribution < 1.29 is 0 Å². The molecule has 0 aliphatic rings. The number of rotatable bonds is 4. The molecule has 7 heteroatoms. The Morgan fingerprint density at radius 2 is 1.83 bits per heavy atom. The number of halogens is 4. The molecule has 0 saturated heterocycles. The smallest absolute Gasteiger partial charge is 0.201 e. The van der Waals surface area contributed by atoms with Gasteiger partial charge in [-0.1, -0.05) is 57.3 Å². The summed E-state index contributed by atoms with van der Waals surface area (Å²) in [5.41, 5.74) is 8.99. The summed E-state index contributed by atoms with van der Waals surface area (Å²) in [7, 11) is 0. The topological polar surface area (TPSA) is 43.8 Å². The molecular weight excluding hydrogens is 420 g/mol. The number of imidazole rings is 1. The highest BCUT2D eigenvalue weighted by Crippen LogP contribution is 2.29. The van der Waals surface area contributed by atoms with Crippen molar-refractivity contribution in [2.75, 3.05) is 5.73 Å². The fourth-order valence-electron chi connectivity index (χ4n) is 2.50. The minimum atomic E-state index is 0.